The van der Waals surface area contributed by atoms with Crippen molar-refractivity contribution in [3.8, 4) is 11.1 Å². The molecule has 0 saturated carbocycles. The normalized spacial score (nSPS) is 11.8. The molecule has 0 atom stereocenters. The van der Waals surface area contributed by atoms with E-state index in [-0.39, 0.29) is 6.61 Å². The molecule has 0 saturated heterocycles. The van der Waals surface area contributed by atoms with E-state index in [2.05, 4.69) is 22.3 Å². The highest BCUT2D eigenvalue weighted by Gasteiger charge is 1.99. The van der Waals surface area contributed by atoms with E-state index in [0.29, 0.717) is 5.17 Å². The monoisotopic (exact) mass is 375 g/mol. The molecule has 0 aliphatic carbocycles. The van der Waals surface area contributed by atoms with Crippen molar-refractivity contribution in [2.24, 2.45) is 15.9 Å². The molecule has 27 heavy (non-hydrogen) atoms. The Balaban J connectivity index is 1.58. The Morgan fingerprint density at radius 3 is 2.37 bits per heavy atom. The maximum Gasteiger partial charge on any atom is 0.180 e. The highest BCUT2D eigenvalue weighted by molar-refractivity contribution is 8.13. The number of aliphatic hydroxyl groups is 1. The van der Waals surface area contributed by atoms with Crippen molar-refractivity contribution >= 4 is 23.1 Å². The van der Waals surface area contributed by atoms with E-state index in [9.17, 15) is 5.11 Å². The van der Waals surface area contributed by atoms with Crippen LogP contribution in [0.2, 0.25) is 0 Å². The summed E-state index contributed by atoms with van der Waals surface area (Å²) in [7, 11) is 0. The van der Waals surface area contributed by atoms with Crippen LogP contribution >= 0.6 is 11.8 Å². The quantitative estimate of drug-likeness (QED) is 0.380. The van der Waals surface area contributed by atoms with Crippen LogP contribution in [0.1, 0.15) is 16.7 Å². The van der Waals surface area contributed by atoms with Gasteiger partial charge >= 0.3 is 0 Å². The number of hydrogen-bond acceptors (Lipinski definition) is 4. The third-order valence-electron chi connectivity index (χ3n) is 3.95. The average Bonchev–Trinajstić information content (AvgIpc) is 2.73. The number of hydrogen-bond donors (Lipinski definition) is 2. The molecule has 0 fully saturated rings. The summed E-state index contributed by atoms with van der Waals surface area (Å²) in [6.07, 6.45) is 1.68. The Kier molecular flexibility index (Phi) is 6.79. The molecule has 3 aromatic carbocycles. The number of benzene rings is 3. The Hall–Kier alpha value is -2.89. The van der Waals surface area contributed by atoms with E-state index in [1.54, 1.807) is 6.21 Å². The fourth-order valence-electron chi connectivity index (χ4n) is 2.52. The maximum absolute atomic E-state index is 9.26. The van der Waals surface area contributed by atoms with Gasteiger partial charge in [0, 0.05) is 5.75 Å². The van der Waals surface area contributed by atoms with Crippen LogP contribution in [0.3, 0.4) is 0 Å². The molecule has 4 nitrogen and oxygen atoms in total. The fraction of sp³-hybridized carbons (Fsp3) is 0.0909. The number of nitrogens with two attached hydrogens (primary N) is 1. The lowest BCUT2D eigenvalue weighted by molar-refractivity contribution is 0.282. The van der Waals surface area contributed by atoms with Gasteiger partial charge in [-0.05, 0) is 33.9 Å². The van der Waals surface area contributed by atoms with Gasteiger partial charge in [0.05, 0.1) is 12.8 Å². The van der Waals surface area contributed by atoms with Crippen LogP contribution < -0.4 is 5.73 Å². The highest BCUT2D eigenvalue weighted by Crippen LogP contribution is 2.21. The van der Waals surface area contributed by atoms with Crippen LogP contribution in [0.15, 0.2) is 89.1 Å². The van der Waals surface area contributed by atoms with Crippen molar-refractivity contribution in [1.82, 2.24) is 0 Å². The zero-order valence-electron chi connectivity index (χ0n) is 14.8. The van der Waals surface area contributed by atoms with Gasteiger partial charge in [-0.2, -0.15) is 5.10 Å². The number of thioether (sulfide) groups is 1. The summed E-state index contributed by atoms with van der Waals surface area (Å²) in [5.74, 6) is 0.771. The third kappa shape index (κ3) is 5.81. The van der Waals surface area contributed by atoms with Crippen molar-refractivity contribution < 1.29 is 5.11 Å². The summed E-state index contributed by atoms with van der Waals surface area (Å²) >= 11 is 1.46. The first-order chi connectivity index (χ1) is 13.2. The van der Waals surface area contributed by atoms with E-state index < -0.39 is 0 Å². The molecule has 5 heteroatoms. The summed E-state index contributed by atoms with van der Waals surface area (Å²) in [4.78, 5) is 0. The lowest BCUT2D eigenvalue weighted by atomic mass is 10.0. The summed E-state index contributed by atoms with van der Waals surface area (Å²) < 4.78 is 0. The Morgan fingerprint density at radius 2 is 1.63 bits per heavy atom. The molecular weight excluding hydrogens is 354 g/mol. The molecule has 0 spiro atoms. The molecule has 3 N–H and O–H groups in total. The molecule has 3 aromatic rings. The van der Waals surface area contributed by atoms with Gasteiger partial charge in [0.15, 0.2) is 5.17 Å². The van der Waals surface area contributed by atoms with Crippen LogP contribution in [0.4, 0.5) is 0 Å². The van der Waals surface area contributed by atoms with Gasteiger partial charge < -0.3 is 10.8 Å². The van der Waals surface area contributed by atoms with E-state index in [4.69, 9.17) is 5.73 Å². The molecule has 0 bridgehead atoms. The predicted octanol–water partition coefficient (Wildman–Crippen LogP) is 4.43. The molecule has 0 amide bonds. The minimum atomic E-state index is 0.0420. The number of amidine groups is 1. The van der Waals surface area contributed by atoms with Gasteiger partial charge in [-0.3, -0.25) is 0 Å². The summed E-state index contributed by atoms with van der Waals surface area (Å²) in [6.45, 7) is 0.0420. The van der Waals surface area contributed by atoms with Gasteiger partial charge in [-0.25, -0.2) is 0 Å². The summed E-state index contributed by atoms with van der Waals surface area (Å²) in [5.41, 5.74) is 11.1. The van der Waals surface area contributed by atoms with Gasteiger partial charge in [-0.1, -0.05) is 84.6 Å². The zero-order chi connectivity index (χ0) is 18.9. The largest absolute Gasteiger partial charge is 0.392 e. The lowest BCUT2D eigenvalue weighted by Gasteiger charge is -2.04. The molecule has 0 aliphatic rings. The van der Waals surface area contributed by atoms with Crippen LogP contribution in [-0.4, -0.2) is 16.5 Å². The standard InChI is InChI=1S/C22H21N3OS/c23-22(27-16-18-5-2-1-3-6-18)25-24-14-17-9-11-20(12-10-17)21-8-4-7-19(13-21)15-26/h1-14,26H,15-16H2,(H2,23,25). The van der Waals surface area contributed by atoms with E-state index in [0.717, 1.165) is 28.0 Å². The lowest BCUT2D eigenvalue weighted by Crippen LogP contribution is -2.05. The van der Waals surface area contributed by atoms with Crippen molar-refractivity contribution in [2.75, 3.05) is 0 Å². The number of rotatable bonds is 6. The first-order valence-electron chi connectivity index (χ1n) is 8.58. The van der Waals surface area contributed by atoms with E-state index >= 15 is 0 Å². The summed E-state index contributed by atoms with van der Waals surface area (Å²) in [5, 5.41) is 17.8. The van der Waals surface area contributed by atoms with Crippen LogP contribution in [0.5, 0.6) is 0 Å². The average molecular weight is 375 g/mol. The van der Waals surface area contributed by atoms with Crippen molar-refractivity contribution in [3.05, 3.63) is 95.6 Å². The molecule has 136 valence electrons. The topological polar surface area (TPSA) is 71.0 Å². The SMILES string of the molecule is NC(=NN=Cc1ccc(-c2cccc(CO)c2)cc1)SCc1ccccc1. The third-order valence-corrected chi connectivity index (χ3v) is 4.80. The molecule has 0 aliphatic heterocycles. The van der Waals surface area contributed by atoms with Gasteiger partial charge in [0.1, 0.15) is 0 Å². The Bertz CT molecular complexity index is 922. The van der Waals surface area contributed by atoms with Gasteiger partial charge in [0.2, 0.25) is 0 Å². The minimum Gasteiger partial charge on any atom is -0.392 e. The van der Waals surface area contributed by atoms with Crippen LogP contribution in [-0.2, 0) is 12.4 Å². The smallest absolute Gasteiger partial charge is 0.180 e. The van der Waals surface area contributed by atoms with E-state index in [1.165, 1.54) is 17.3 Å². The first-order valence-corrected chi connectivity index (χ1v) is 9.56. The van der Waals surface area contributed by atoms with Crippen LogP contribution in [0.25, 0.3) is 11.1 Å². The molecule has 3 rings (SSSR count). The second-order valence-corrected chi connectivity index (χ2v) is 6.93. The van der Waals surface area contributed by atoms with Crippen molar-refractivity contribution in [3.63, 3.8) is 0 Å². The van der Waals surface area contributed by atoms with E-state index in [1.807, 2.05) is 66.7 Å². The molecule has 0 heterocycles. The van der Waals surface area contributed by atoms with Crippen molar-refractivity contribution in [1.29, 1.82) is 0 Å². The highest BCUT2D eigenvalue weighted by atomic mass is 32.2. The molecular formula is C22H21N3OS. The number of nitrogens with zero attached hydrogens (tertiary/aromatic N) is 2. The predicted molar refractivity (Wildman–Crippen MR) is 115 cm³/mol. The Morgan fingerprint density at radius 1 is 0.889 bits per heavy atom. The van der Waals surface area contributed by atoms with Crippen LogP contribution in [0, 0.1) is 0 Å². The molecule has 0 aromatic heterocycles. The minimum absolute atomic E-state index is 0.0420. The van der Waals surface area contributed by atoms with Gasteiger partial charge in [-0.15, -0.1) is 5.10 Å². The summed E-state index contributed by atoms with van der Waals surface area (Å²) in [6, 6.07) is 26.0. The maximum atomic E-state index is 9.26. The second-order valence-electron chi connectivity index (χ2n) is 5.94. The number of aliphatic hydroxyl groups excluding tert-OH is 1. The fourth-order valence-corrected chi connectivity index (χ4v) is 3.14. The van der Waals surface area contributed by atoms with Gasteiger partial charge in [0.25, 0.3) is 0 Å². The molecule has 0 radical (unpaired) electrons. The van der Waals surface area contributed by atoms with Crippen molar-refractivity contribution in [2.45, 2.75) is 12.4 Å². The Labute approximate surface area is 163 Å². The zero-order valence-corrected chi connectivity index (χ0v) is 15.6. The second kappa shape index (κ2) is 9.71. The first kappa shape index (κ1) is 18.9. The molecule has 0 unspecified atom stereocenters.